The molecule has 29 heavy (non-hydrogen) atoms. The minimum Gasteiger partial charge on any atom is -0.329 e. The second kappa shape index (κ2) is 9.95. The summed E-state index contributed by atoms with van der Waals surface area (Å²) in [5, 5.41) is 2.66. The Morgan fingerprint density at radius 1 is 0.966 bits per heavy atom. The first-order valence-corrected chi connectivity index (χ1v) is 10.2. The Balaban J connectivity index is 1.88. The van der Waals surface area contributed by atoms with Crippen LogP contribution in [0.1, 0.15) is 22.6 Å². The molecule has 0 fully saturated rings. The van der Waals surface area contributed by atoms with E-state index in [-0.39, 0.29) is 11.6 Å². The zero-order chi connectivity index (χ0) is 20.6. The summed E-state index contributed by atoms with van der Waals surface area (Å²) < 4.78 is 36.1. The fourth-order valence-corrected chi connectivity index (χ4v) is 3.67. The van der Waals surface area contributed by atoms with Crippen LogP contribution in [0, 0.1) is 5.82 Å². The van der Waals surface area contributed by atoms with Gasteiger partial charge in [0, 0.05) is 5.69 Å². The molecule has 0 aliphatic rings. The van der Waals surface area contributed by atoms with Crippen molar-refractivity contribution in [2.24, 2.45) is 0 Å². The zero-order valence-electron chi connectivity index (χ0n) is 15.5. The summed E-state index contributed by atoms with van der Waals surface area (Å²) in [5.41, 5.74) is 3.75. The van der Waals surface area contributed by atoms with Gasteiger partial charge in [0.05, 0.1) is 5.69 Å². The topological polar surface area (TPSA) is 78.4 Å². The molecule has 2 unspecified atom stereocenters. The first-order chi connectivity index (χ1) is 14.0. The normalized spacial score (nSPS) is 12.8. The maximum Gasteiger partial charge on any atom is 0.259 e. The fourth-order valence-electron chi connectivity index (χ4n) is 3.33. The highest BCUT2D eigenvalue weighted by atomic mass is 32.2. The van der Waals surface area contributed by atoms with Crippen LogP contribution >= 0.6 is 0 Å². The van der Waals surface area contributed by atoms with E-state index in [0.717, 1.165) is 22.4 Å². The van der Waals surface area contributed by atoms with Crippen molar-refractivity contribution in [2.75, 3.05) is 10.0 Å². The number of carbonyl (C=O) groups is 1. The molecule has 0 bridgehead atoms. The lowest BCUT2D eigenvalue weighted by Crippen LogP contribution is -2.09. The summed E-state index contributed by atoms with van der Waals surface area (Å²) >= 11 is -2.35. The van der Waals surface area contributed by atoms with Crippen LogP contribution in [0.4, 0.5) is 15.8 Å². The summed E-state index contributed by atoms with van der Waals surface area (Å²) in [7, 11) is 0. The Labute approximate surface area is 171 Å². The first kappa shape index (κ1) is 20.7. The van der Waals surface area contributed by atoms with Crippen molar-refractivity contribution >= 4 is 29.1 Å². The molecule has 0 saturated carbocycles. The van der Waals surface area contributed by atoms with Gasteiger partial charge in [0.25, 0.3) is 11.3 Å². The molecule has 0 spiro atoms. The Morgan fingerprint density at radius 3 is 2.38 bits per heavy atom. The predicted octanol–water partition coefficient (Wildman–Crippen LogP) is 4.51. The molecule has 3 rings (SSSR count). The minimum atomic E-state index is -2.35. The van der Waals surface area contributed by atoms with E-state index in [0.29, 0.717) is 19.3 Å². The lowest BCUT2D eigenvalue weighted by Gasteiger charge is -2.19. The molecule has 0 aliphatic heterocycles. The van der Waals surface area contributed by atoms with Crippen molar-refractivity contribution < 1.29 is 17.9 Å². The van der Waals surface area contributed by atoms with Crippen molar-refractivity contribution in [1.82, 2.24) is 0 Å². The van der Waals surface area contributed by atoms with E-state index in [2.05, 4.69) is 10.0 Å². The van der Waals surface area contributed by atoms with E-state index in [1.54, 1.807) is 12.1 Å². The molecule has 3 aromatic carbocycles. The Kier molecular flexibility index (Phi) is 7.10. The monoisotopic (exact) mass is 412 g/mol. The number of anilines is 2. The molecule has 0 aliphatic carbocycles. The lowest BCUT2D eigenvalue weighted by atomic mass is 9.86. The summed E-state index contributed by atoms with van der Waals surface area (Å²) in [6, 6.07) is 22.2. The van der Waals surface area contributed by atoms with Gasteiger partial charge in [-0.3, -0.25) is 14.1 Å². The van der Waals surface area contributed by atoms with Gasteiger partial charge in [0.1, 0.15) is 5.82 Å². The van der Waals surface area contributed by atoms with Crippen LogP contribution < -0.4 is 10.0 Å². The van der Waals surface area contributed by atoms with Crippen LogP contribution in [-0.4, -0.2) is 15.2 Å². The molecule has 0 heterocycles. The number of hydrogen-bond donors (Lipinski definition) is 3. The highest BCUT2D eigenvalue weighted by Gasteiger charge is 2.15. The molecule has 0 saturated heterocycles. The molecule has 150 valence electrons. The molecular weight excluding hydrogens is 391 g/mol. The van der Waals surface area contributed by atoms with Crippen LogP contribution in [0.15, 0.2) is 72.8 Å². The van der Waals surface area contributed by atoms with Crippen molar-refractivity contribution in [2.45, 2.75) is 18.8 Å². The third-order valence-corrected chi connectivity index (χ3v) is 5.01. The van der Waals surface area contributed by atoms with E-state index in [1.165, 1.54) is 6.07 Å². The third kappa shape index (κ3) is 5.97. The largest absolute Gasteiger partial charge is 0.329 e. The molecule has 1 amide bonds. The molecular formula is C22H21FN2O3S. The smallest absolute Gasteiger partial charge is 0.259 e. The Morgan fingerprint density at radius 2 is 1.69 bits per heavy atom. The van der Waals surface area contributed by atoms with Gasteiger partial charge in [-0.2, -0.15) is 0 Å². The van der Waals surface area contributed by atoms with E-state index >= 15 is 0 Å². The fraction of sp³-hybridized carbons (Fsp3) is 0.136. The second-order valence-corrected chi connectivity index (χ2v) is 7.35. The number of halogens is 1. The number of nitrogens with one attached hydrogen (secondary N) is 2. The highest BCUT2D eigenvalue weighted by molar-refractivity contribution is 7.80. The van der Waals surface area contributed by atoms with E-state index in [1.807, 2.05) is 54.6 Å². The van der Waals surface area contributed by atoms with Gasteiger partial charge in [-0.1, -0.05) is 48.5 Å². The summed E-state index contributed by atoms with van der Waals surface area (Å²) in [6.07, 6.45) is 1.97. The molecule has 0 aromatic heterocycles. The van der Waals surface area contributed by atoms with Crippen LogP contribution in [0.25, 0.3) is 0 Å². The van der Waals surface area contributed by atoms with Crippen LogP contribution in [0.3, 0.4) is 0 Å². The number of carbonyl (C=O) groups excluding carboxylic acids is 1. The number of amides is 1. The SMILES string of the molecule is O=CNc1cccc(CC(Cc2ccc(F)c(NS(=O)O)c2)c2ccccc2)c1. The van der Waals surface area contributed by atoms with Gasteiger partial charge in [0.15, 0.2) is 0 Å². The van der Waals surface area contributed by atoms with Crippen LogP contribution in [0.5, 0.6) is 0 Å². The molecule has 3 aromatic rings. The van der Waals surface area contributed by atoms with Crippen molar-refractivity contribution in [1.29, 1.82) is 0 Å². The van der Waals surface area contributed by atoms with Crippen molar-refractivity contribution in [3.8, 4) is 0 Å². The maximum absolute atomic E-state index is 13.9. The van der Waals surface area contributed by atoms with Crippen molar-refractivity contribution in [3.05, 3.63) is 95.3 Å². The highest BCUT2D eigenvalue weighted by Crippen LogP contribution is 2.28. The van der Waals surface area contributed by atoms with E-state index in [9.17, 15) is 13.4 Å². The molecule has 0 radical (unpaired) electrons. The van der Waals surface area contributed by atoms with Gasteiger partial charge in [-0.25, -0.2) is 8.60 Å². The van der Waals surface area contributed by atoms with Gasteiger partial charge in [0.2, 0.25) is 6.41 Å². The van der Waals surface area contributed by atoms with Gasteiger partial charge in [-0.05, 0) is 59.7 Å². The van der Waals surface area contributed by atoms with E-state index < -0.39 is 17.1 Å². The number of benzene rings is 3. The van der Waals surface area contributed by atoms with Gasteiger partial charge < -0.3 is 5.32 Å². The maximum atomic E-state index is 13.9. The van der Waals surface area contributed by atoms with Gasteiger partial charge >= 0.3 is 0 Å². The quantitative estimate of drug-likeness (QED) is 0.357. The summed E-state index contributed by atoms with van der Waals surface area (Å²) in [6.45, 7) is 0. The molecule has 2 atom stereocenters. The van der Waals surface area contributed by atoms with Crippen LogP contribution in [-0.2, 0) is 28.9 Å². The molecule has 3 N–H and O–H groups in total. The van der Waals surface area contributed by atoms with Gasteiger partial charge in [-0.15, -0.1) is 0 Å². The van der Waals surface area contributed by atoms with Crippen LogP contribution in [0.2, 0.25) is 0 Å². The molecule has 7 heteroatoms. The minimum absolute atomic E-state index is 0.00711. The summed E-state index contributed by atoms with van der Waals surface area (Å²) in [5.74, 6) is -0.485. The zero-order valence-corrected chi connectivity index (χ0v) is 16.4. The standard InChI is InChI=1S/C22H21FN2O3S/c23-21-10-9-17(14-22(21)25-29(27)28)12-19(18-6-2-1-3-7-18)11-16-5-4-8-20(13-16)24-15-26/h1-10,13-15,19,25H,11-12H2,(H,24,26)(H,27,28). The molecule has 5 nitrogen and oxygen atoms in total. The first-order valence-electron chi connectivity index (χ1n) is 9.05. The Hall–Kier alpha value is -3.03. The Bertz CT molecular complexity index is 998. The lowest BCUT2D eigenvalue weighted by molar-refractivity contribution is -0.105. The number of hydrogen-bond acceptors (Lipinski definition) is 2. The van der Waals surface area contributed by atoms with E-state index in [4.69, 9.17) is 4.55 Å². The third-order valence-electron chi connectivity index (χ3n) is 4.62. The van der Waals surface area contributed by atoms with Crippen molar-refractivity contribution in [3.63, 3.8) is 0 Å². The average Bonchev–Trinajstić information content (AvgIpc) is 2.71. The number of rotatable bonds is 9. The average molecular weight is 412 g/mol. The second-order valence-electron chi connectivity index (χ2n) is 6.64. The summed E-state index contributed by atoms with van der Waals surface area (Å²) in [4.78, 5) is 10.7. The predicted molar refractivity (Wildman–Crippen MR) is 114 cm³/mol.